The summed E-state index contributed by atoms with van der Waals surface area (Å²) >= 11 is 1.31. The molecule has 0 radical (unpaired) electrons. The summed E-state index contributed by atoms with van der Waals surface area (Å²) in [5.41, 5.74) is 0.680. The summed E-state index contributed by atoms with van der Waals surface area (Å²) < 4.78 is 19.8. The van der Waals surface area contributed by atoms with E-state index in [-0.39, 0.29) is 23.9 Å². The van der Waals surface area contributed by atoms with Crippen molar-refractivity contribution in [2.24, 2.45) is 0 Å². The fourth-order valence-electron chi connectivity index (χ4n) is 3.14. The number of halogens is 1. The molecule has 1 aromatic heterocycles. The first kappa shape index (κ1) is 17.7. The maximum Gasteiger partial charge on any atom is 0.409 e. The molecule has 134 valence electrons. The molecule has 0 aliphatic carbocycles. The first-order chi connectivity index (χ1) is 12.0. The minimum absolute atomic E-state index is 0.00707. The Hall–Kier alpha value is -2.15. The van der Waals surface area contributed by atoms with Crippen LogP contribution in [0.4, 0.5) is 9.18 Å². The van der Waals surface area contributed by atoms with Crippen LogP contribution in [0.1, 0.15) is 35.0 Å². The molecule has 1 aliphatic rings. The van der Waals surface area contributed by atoms with Crippen molar-refractivity contribution in [1.82, 2.24) is 10.2 Å². The lowest BCUT2D eigenvalue weighted by Crippen LogP contribution is -2.46. The molecule has 0 atom stereocenters. The normalized spacial score (nSPS) is 15.4. The second-order valence-corrected chi connectivity index (χ2v) is 7.16. The molecular formula is C18H21FN2O3S. The average molecular weight is 364 g/mol. The number of benzene rings is 1. The number of rotatable bonds is 3. The molecule has 0 spiro atoms. The number of ether oxygens (including phenoxy) is 1. The Labute approximate surface area is 149 Å². The highest BCUT2D eigenvalue weighted by atomic mass is 32.1. The molecule has 0 bridgehead atoms. The van der Waals surface area contributed by atoms with Crippen molar-refractivity contribution in [3.05, 3.63) is 34.5 Å². The van der Waals surface area contributed by atoms with Crippen LogP contribution in [0.2, 0.25) is 0 Å². The smallest absolute Gasteiger partial charge is 0.409 e. The molecule has 1 aromatic carbocycles. The van der Waals surface area contributed by atoms with Crippen LogP contribution >= 0.6 is 11.3 Å². The minimum Gasteiger partial charge on any atom is -0.450 e. The fourth-order valence-corrected chi connectivity index (χ4v) is 4.27. The number of aryl methyl sites for hydroxylation is 1. The van der Waals surface area contributed by atoms with Gasteiger partial charge in [-0.25, -0.2) is 9.18 Å². The zero-order valence-electron chi connectivity index (χ0n) is 14.3. The van der Waals surface area contributed by atoms with Crippen molar-refractivity contribution in [1.29, 1.82) is 0 Å². The van der Waals surface area contributed by atoms with E-state index in [0.29, 0.717) is 48.4 Å². The topological polar surface area (TPSA) is 58.6 Å². The van der Waals surface area contributed by atoms with E-state index in [2.05, 4.69) is 5.32 Å². The lowest BCUT2D eigenvalue weighted by Gasteiger charge is -2.31. The molecule has 0 saturated carbocycles. The van der Waals surface area contributed by atoms with E-state index in [1.807, 2.05) is 6.07 Å². The maximum atomic E-state index is 14.0. The van der Waals surface area contributed by atoms with Gasteiger partial charge in [-0.2, -0.15) is 0 Å². The SMILES string of the molecule is CCOC(=O)N1CCC(NC(=O)c2sc3cccc(F)c3c2C)CC1. The molecule has 1 aliphatic heterocycles. The van der Waals surface area contributed by atoms with Crippen LogP contribution in [0, 0.1) is 12.7 Å². The van der Waals surface area contributed by atoms with Gasteiger partial charge in [0.05, 0.1) is 11.5 Å². The summed E-state index contributed by atoms with van der Waals surface area (Å²) in [6.45, 7) is 5.03. The maximum absolute atomic E-state index is 14.0. The number of carbonyl (C=O) groups excluding carboxylic acids is 2. The summed E-state index contributed by atoms with van der Waals surface area (Å²) in [5, 5.41) is 3.54. The number of thiophene rings is 1. The van der Waals surface area contributed by atoms with Crippen LogP contribution < -0.4 is 5.32 Å². The Morgan fingerprint density at radius 1 is 1.36 bits per heavy atom. The van der Waals surface area contributed by atoms with E-state index in [9.17, 15) is 14.0 Å². The number of hydrogen-bond acceptors (Lipinski definition) is 4. The van der Waals surface area contributed by atoms with Crippen molar-refractivity contribution in [3.63, 3.8) is 0 Å². The van der Waals surface area contributed by atoms with Crippen molar-refractivity contribution in [2.45, 2.75) is 32.7 Å². The van der Waals surface area contributed by atoms with Gasteiger partial charge >= 0.3 is 6.09 Å². The molecule has 2 amide bonds. The Morgan fingerprint density at radius 3 is 2.72 bits per heavy atom. The largest absolute Gasteiger partial charge is 0.450 e. The second-order valence-electron chi connectivity index (χ2n) is 6.10. The monoisotopic (exact) mass is 364 g/mol. The van der Waals surface area contributed by atoms with Gasteiger partial charge in [0.15, 0.2) is 0 Å². The van der Waals surface area contributed by atoms with Gasteiger partial charge in [0.1, 0.15) is 5.82 Å². The van der Waals surface area contributed by atoms with Gasteiger partial charge in [0, 0.05) is 29.2 Å². The summed E-state index contributed by atoms with van der Waals surface area (Å²) in [6.07, 6.45) is 1.06. The number of nitrogens with one attached hydrogen (secondary N) is 1. The molecule has 3 rings (SSSR count). The Bertz CT molecular complexity index is 797. The van der Waals surface area contributed by atoms with Gasteiger partial charge in [-0.3, -0.25) is 4.79 Å². The van der Waals surface area contributed by atoms with Gasteiger partial charge in [-0.1, -0.05) is 6.07 Å². The van der Waals surface area contributed by atoms with E-state index in [0.717, 1.165) is 4.70 Å². The number of likely N-dealkylation sites (tertiary alicyclic amines) is 1. The zero-order chi connectivity index (χ0) is 18.0. The molecular weight excluding hydrogens is 343 g/mol. The van der Waals surface area contributed by atoms with Crippen molar-refractivity contribution in [2.75, 3.05) is 19.7 Å². The van der Waals surface area contributed by atoms with Crippen LogP contribution in [-0.4, -0.2) is 42.6 Å². The third-order valence-corrected chi connectivity index (χ3v) is 5.72. The molecule has 2 heterocycles. The first-order valence-corrected chi connectivity index (χ1v) is 9.23. The molecule has 1 saturated heterocycles. The van der Waals surface area contributed by atoms with Crippen LogP contribution in [-0.2, 0) is 4.74 Å². The average Bonchev–Trinajstić information content (AvgIpc) is 2.94. The van der Waals surface area contributed by atoms with Gasteiger partial charge in [-0.15, -0.1) is 11.3 Å². The third kappa shape index (κ3) is 3.61. The van der Waals surface area contributed by atoms with Crippen molar-refractivity contribution >= 4 is 33.4 Å². The van der Waals surface area contributed by atoms with Crippen LogP contribution in [0.15, 0.2) is 18.2 Å². The van der Waals surface area contributed by atoms with Gasteiger partial charge < -0.3 is 15.0 Å². The van der Waals surface area contributed by atoms with Gasteiger partial charge in [0.2, 0.25) is 0 Å². The lowest BCUT2D eigenvalue weighted by molar-refractivity contribution is 0.0862. The number of fused-ring (bicyclic) bond motifs is 1. The third-order valence-electron chi connectivity index (χ3n) is 4.47. The number of hydrogen-bond donors (Lipinski definition) is 1. The van der Waals surface area contributed by atoms with Crippen molar-refractivity contribution < 1.29 is 18.7 Å². The molecule has 2 aromatic rings. The standard InChI is InChI=1S/C18H21FN2O3S/c1-3-24-18(23)21-9-7-12(8-10-21)20-17(22)16-11(2)15-13(19)5-4-6-14(15)25-16/h4-6,12H,3,7-10H2,1-2H3,(H,20,22). The Morgan fingerprint density at radius 2 is 2.08 bits per heavy atom. The highest BCUT2D eigenvalue weighted by Crippen LogP contribution is 2.32. The van der Waals surface area contributed by atoms with E-state index >= 15 is 0 Å². The summed E-state index contributed by atoms with van der Waals surface area (Å²) in [6, 6.07) is 4.90. The predicted molar refractivity (Wildman–Crippen MR) is 95.6 cm³/mol. The highest BCUT2D eigenvalue weighted by molar-refractivity contribution is 7.21. The molecule has 5 nitrogen and oxygen atoms in total. The zero-order valence-corrected chi connectivity index (χ0v) is 15.1. The lowest BCUT2D eigenvalue weighted by atomic mass is 10.0. The Kier molecular flexibility index (Phi) is 5.22. The van der Waals surface area contributed by atoms with Crippen LogP contribution in [0.3, 0.4) is 0 Å². The van der Waals surface area contributed by atoms with Crippen LogP contribution in [0.5, 0.6) is 0 Å². The van der Waals surface area contributed by atoms with E-state index in [4.69, 9.17) is 4.74 Å². The molecule has 1 fully saturated rings. The summed E-state index contributed by atoms with van der Waals surface area (Å²) in [7, 11) is 0. The number of carbonyl (C=O) groups is 2. The van der Waals surface area contributed by atoms with E-state index in [1.54, 1.807) is 24.8 Å². The summed E-state index contributed by atoms with van der Waals surface area (Å²) in [5.74, 6) is -0.472. The molecule has 0 unspecified atom stereocenters. The fraction of sp³-hybridized carbons (Fsp3) is 0.444. The highest BCUT2D eigenvalue weighted by Gasteiger charge is 2.26. The van der Waals surface area contributed by atoms with E-state index < -0.39 is 0 Å². The van der Waals surface area contributed by atoms with Crippen LogP contribution in [0.25, 0.3) is 10.1 Å². The van der Waals surface area contributed by atoms with Gasteiger partial charge in [-0.05, 0) is 44.4 Å². The predicted octanol–water partition coefficient (Wildman–Crippen LogP) is 3.70. The van der Waals surface area contributed by atoms with Crippen molar-refractivity contribution in [3.8, 4) is 0 Å². The number of nitrogens with zero attached hydrogens (tertiary/aromatic N) is 1. The quantitative estimate of drug-likeness (QED) is 0.903. The summed E-state index contributed by atoms with van der Waals surface area (Å²) in [4.78, 5) is 26.5. The first-order valence-electron chi connectivity index (χ1n) is 8.41. The number of amides is 2. The van der Waals surface area contributed by atoms with Gasteiger partial charge in [0.25, 0.3) is 5.91 Å². The Balaban J connectivity index is 1.65. The molecule has 1 N–H and O–H groups in total. The van der Waals surface area contributed by atoms with E-state index in [1.165, 1.54) is 17.4 Å². The second kappa shape index (κ2) is 7.39. The molecule has 7 heteroatoms. The molecule has 25 heavy (non-hydrogen) atoms. The number of piperidine rings is 1. The minimum atomic E-state index is -0.303.